The first-order valence-corrected chi connectivity index (χ1v) is 6.82. The molecule has 0 bridgehead atoms. The van der Waals surface area contributed by atoms with Crippen LogP contribution in [0.4, 0.5) is 18.9 Å². The second-order valence-corrected chi connectivity index (χ2v) is 6.22. The number of hydrogen-bond donors (Lipinski definition) is 1. The highest BCUT2D eigenvalue weighted by Crippen LogP contribution is 2.51. The smallest absolute Gasteiger partial charge is 0.248 e. The molecule has 0 atom stereocenters. The third kappa shape index (κ3) is 1.83. The summed E-state index contributed by atoms with van der Waals surface area (Å²) in [6.45, 7) is 0.561. The molecular formula is C13H13BrF3N. The van der Waals surface area contributed by atoms with E-state index in [-0.39, 0.29) is 24.1 Å². The lowest BCUT2D eigenvalue weighted by molar-refractivity contribution is -0.0496. The van der Waals surface area contributed by atoms with Crippen LogP contribution in [-0.4, -0.2) is 12.5 Å². The third-order valence-electron chi connectivity index (χ3n) is 4.17. The molecular weight excluding hydrogens is 307 g/mol. The van der Waals surface area contributed by atoms with E-state index in [1.807, 2.05) is 6.07 Å². The van der Waals surface area contributed by atoms with Gasteiger partial charge in [-0.1, -0.05) is 15.9 Å². The Morgan fingerprint density at radius 1 is 1.11 bits per heavy atom. The van der Waals surface area contributed by atoms with E-state index in [9.17, 15) is 13.2 Å². The molecule has 2 aliphatic rings. The van der Waals surface area contributed by atoms with Crippen molar-refractivity contribution < 1.29 is 13.2 Å². The number of alkyl halides is 2. The molecule has 5 heteroatoms. The first kappa shape index (κ1) is 12.3. The molecule has 1 saturated carbocycles. The summed E-state index contributed by atoms with van der Waals surface area (Å²) in [6.07, 6.45) is 0.607. The van der Waals surface area contributed by atoms with Crippen LogP contribution in [0.2, 0.25) is 0 Å². The maximum absolute atomic E-state index is 13.8. The normalized spacial score (nSPS) is 23.8. The highest BCUT2D eigenvalue weighted by molar-refractivity contribution is 9.10. The topological polar surface area (TPSA) is 12.0 Å². The highest BCUT2D eigenvalue weighted by atomic mass is 79.9. The van der Waals surface area contributed by atoms with E-state index in [0.29, 0.717) is 29.5 Å². The largest absolute Gasteiger partial charge is 0.382 e. The molecule has 1 fully saturated rings. The summed E-state index contributed by atoms with van der Waals surface area (Å²) in [6, 6.07) is 3.27. The number of benzene rings is 1. The van der Waals surface area contributed by atoms with Crippen molar-refractivity contribution in [3.63, 3.8) is 0 Å². The summed E-state index contributed by atoms with van der Waals surface area (Å²) < 4.78 is 41.0. The third-order valence-corrected chi connectivity index (χ3v) is 4.63. The van der Waals surface area contributed by atoms with Crippen LogP contribution >= 0.6 is 15.9 Å². The Balaban J connectivity index is 2.00. The lowest BCUT2D eigenvalue weighted by Crippen LogP contribution is -2.37. The van der Waals surface area contributed by atoms with Crippen molar-refractivity contribution in [2.45, 2.75) is 37.0 Å². The Labute approximate surface area is 112 Å². The zero-order valence-electron chi connectivity index (χ0n) is 9.70. The number of halogens is 4. The molecule has 0 radical (unpaired) electrons. The predicted octanol–water partition coefficient (Wildman–Crippen LogP) is 4.46. The van der Waals surface area contributed by atoms with Gasteiger partial charge in [-0.25, -0.2) is 13.2 Å². The average Bonchev–Trinajstić information content (AvgIpc) is 2.63. The SMILES string of the molecule is Fc1cc(Br)cc2c1NCC21CCC(F)(F)CC1. The standard InChI is InChI=1S/C13H13BrF3N/c14-8-5-9-11(10(15)6-8)18-7-12(9)1-3-13(16,17)4-2-12/h5-6,18H,1-4,7H2. The summed E-state index contributed by atoms with van der Waals surface area (Å²) in [5.41, 5.74) is 1.02. The molecule has 1 nitrogen and oxygen atoms in total. The van der Waals surface area contributed by atoms with Gasteiger partial charge in [0.25, 0.3) is 0 Å². The minimum Gasteiger partial charge on any atom is -0.382 e. The van der Waals surface area contributed by atoms with Crippen LogP contribution < -0.4 is 5.32 Å². The first-order chi connectivity index (χ1) is 8.42. The Bertz CT molecular complexity index is 491. The van der Waals surface area contributed by atoms with Gasteiger partial charge in [-0.15, -0.1) is 0 Å². The van der Waals surface area contributed by atoms with Crippen molar-refractivity contribution in [1.29, 1.82) is 0 Å². The van der Waals surface area contributed by atoms with E-state index in [2.05, 4.69) is 21.2 Å². The van der Waals surface area contributed by atoms with Gasteiger partial charge in [-0.05, 0) is 30.5 Å². The van der Waals surface area contributed by atoms with Crippen molar-refractivity contribution in [1.82, 2.24) is 0 Å². The zero-order valence-corrected chi connectivity index (χ0v) is 11.3. The summed E-state index contributed by atoms with van der Waals surface area (Å²) in [5.74, 6) is -2.87. The van der Waals surface area contributed by atoms with Crippen LogP contribution in [0.1, 0.15) is 31.2 Å². The van der Waals surface area contributed by atoms with Gasteiger partial charge < -0.3 is 5.32 Å². The molecule has 1 heterocycles. The average molecular weight is 320 g/mol. The first-order valence-electron chi connectivity index (χ1n) is 6.03. The van der Waals surface area contributed by atoms with Crippen LogP contribution in [0.3, 0.4) is 0 Å². The van der Waals surface area contributed by atoms with Gasteiger partial charge >= 0.3 is 0 Å². The molecule has 1 aliphatic carbocycles. The Morgan fingerprint density at radius 3 is 2.44 bits per heavy atom. The maximum Gasteiger partial charge on any atom is 0.248 e. The number of anilines is 1. The Kier molecular flexibility index (Phi) is 2.66. The van der Waals surface area contributed by atoms with E-state index >= 15 is 0 Å². The Morgan fingerprint density at radius 2 is 1.78 bits per heavy atom. The molecule has 18 heavy (non-hydrogen) atoms. The Hall–Kier alpha value is -0.710. The molecule has 1 spiro atoms. The second kappa shape index (κ2) is 3.89. The molecule has 1 N–H and O–H groups in total. The van der Waals surface area contributed by atoms with Crippen LogP contribution in [-0.2, 0) is 5.41 Å². The summed E-state index contributed by atoms with van der Waals surface area (Å²) in [4.78, 5) is 0. The van der Waals surface area contributed by atoms with Crippen molar-refractivity contribution in [3.8, 4) is 0 Å². The monoisotopic (exact) mass is 319 g/mol. The summed E-state index contributed by atoms with van der Waals surface area (Å²) >= 11 is 3.27. The van der Waals surface area contributed by atoms with E-state index < -0.39 is 5.92 Å². The van der Waals surface area contributed by atoms with Crippen LogP contribution in [0.5, 0.6) is 0 Å². The van der Waals surface area contributed by atoms with Gasteiger partial charge in [-0.3, -0.25) is 0 Å². The van der Waals surface area contributed by atoms with Crippen LogP contribution in [0.25, 0.3) is 0 Å². The fourth-order valence-electron chi connectivity index (χ4n) is 3.06. The van der Waals surface area contributed by atoms with Gasteiger partial charge in [0.05, 0.1) is 5.69 Å². The highest BCUT2D eigenvalue weighted by Gasteiger charge is 2.48. The van der Waals surface area contributed by atoms with Crippen molar-refractivity contribution >= 4 is 21.6 Å². The minimum atomic E-state index is -2.56. The molecule has 1 aromatic carbocycles. The summed E-state index contributed by atoms with van der Waals surface area (Å²) in [5, 5.41) is 3.04. The molecule has 1 aromatic rings. The molecule has 0 amide bonds. The van der Waals surface area contributed by atoms with Crippen molar-refractivity contribution in [2.24, 2.45) is 0 Å². The number of fused-ring (bicyclic) bond motifs is 2. The summed E-state index contributed by atoms with van der Waals surface area (Å²) in [7, 11) is 0. The van der Waals surface area contributed by atoms with Gasteiger partial charge in [0, 0.05) is 29.3 Å². The van der Waals surface area contributed by atoms with Crippen molar-refractivity contribution in [2.75, 3.05) is 11.9 Å². The fraction of sp³-hybridized carbons (Fsp3) is 0.538. The maximum atomic E-state index is 13.8. The van der Waals surface area contributed by atoms with Crippen molar-refractivity contribution in [3.05, 3.63) is 28.0 Å². The van der Waals surface area contributed by atoms with Crippen LogP contribution in [0, 0.1) is 5.82 Å². The molecule has 0 unspecified atom stereocenters. The van der Waals surface area contributed by atoms with Crippen LogP contribution in [0.15, 0.2) is 16.6 Å². The fourth-order valence-corrected chi connectivity index (χ4v) is 3.49. The second-order valence-electron chi connectivity index (χ2n) is 5.30. The van der Waals surface area contributed by atoms with Gasteiger partial charge in [0.1, 0.15) is 5.82 Å². The lowest BCUT2D eigenvalue weighted by atomic mass is 9.69. The zero-order chi connectivity index (χ0) is 13.0. The van der Waals surface area contributed by atoms with Gasteiger partial charge in [-0.2, -0.15) is 0 Å². The number of rotatable bonds is 0. The van der Waals surface area contributed by atoms with Gasteiger partial charge in [0.15, 0.2) is 0 Å². The molecule has 3 rings (SSSR count). The number of nitrogens with one attached hydrogen (secondary N) is 1. The quantitative estimate of drug-likeness (QED) is 0.744. The van der Waals surface area contributed by atoms with E-state index in [0.717, 1.165) is 5.56 Å². The lowest BCUT2D eigenvalue weighted by Gasteiger charge is -2.37. The molecule has 0 saturated heterocycles. The molecule has 98 valence electrons. The van der Waals surface area contributed by atoms with Gasteiger partial charge in [0.2, 0.25) is 5.92 Å². The van der Waals surface area contributed by atoms with E-state index in [4.69, 9.17) is 0 Å². The number of hydrogen-bond acceptors (Lipinski definition) is 1. The molecule has 1 aliphatic heterocycles. The van der Waals surface area contributed by atoms with E-state index in [1.165, 1.54) is 6.07 Å². The molecule has 0 aromatic heterocycles. The van der Waals surface area contributed by atoms with E-state index in [1.54, 1.807) is 0 Å². The minimum absolute atomic E-state index is 0.109. The predicted molar refractivity (Wildman–Crippen MR) is 67.7 cm³/mol.